The Kier molecular flexibility index (Phi) is 4.97. The van der Waals surface area contributed by atoms with Gasteiger partial charge in [0.15, 0.2) is 17.5 Å². The Labute approximate surface area is 150 Å². The van der Waals surface area contributed by atoms with E-state index in [9.17, 15) is 14.7 Å². The lowest BCUT2D eigenvalue weighted by molar-refractivity contribution is -0.139. The van der Waals surface area contributed by atoms with Gasteiger partial charge in [0, 0.05) is 6.42 Å². The van der Waals surface area contributed by atoms with E-state index in [0.29, 0.717) is 24.3 Å². The molecule has 1 aliphatic rings. The first-order valence-electron chi connectivity index (χ1n) is 8.05. The molecule has 1 aliphatic heterocycles. The van der Waals surface area contributed by atoms with Gasteiger partial charge in [-0.05, 0) is 35.4 Å². The number of para-hydroxylation sites is 1. The van der Waals surface area contributed by atoms with Crippen LogP contribution in [0.2, 0.25) is 0 Å². The first kappa shape index (κ1) is 17.6. The Morgan fingerprint density at radius 3 is 2.69 bits per heavy atom. The highest BCUT2D eigenvalue weighted by Crippen LogP contribution is 2.32. The van der Waals surface area contributed by atoms with Gasteiger partial charge in [-0.2, -0.15) is 0 Å². The summed E-state index contributed by atoms with van der Waals surface area (Å²) in [5, 5.41) is 12.1. The van der Waals surface area contributed by atoms with E-state index in [1.165, 1.54) is 14.2 Å². The number of ether oxygens (including phenoxy) is 3. The second kappa shape index (κ2) is 7.35. The molecule has 1 amide bonds. The lowest BCUT2D eigenvalue weighted by Crippen LogP contribution is -2.34. The maximum atomic E-state index is 12.7. The molecule has 1 heterocycles. The second-order valence-electron chi connectivity index (χ2n) is 5.75. The summed E-state index contributed by atoms with van der Waals surface area (Å²) >= 11 is 0. The van der Waals surface area contributed by atoms with Crippen LogP contribution in [0.15, 0.2) is 36.4 Å². The molecule has 0 radical (unpaired) electrons. The molecule has 26 heavy (non-hydrogen) atoms. The Balaban J connectivity index is 1.89. The Morgan fingerprint density at radius 2 is 2.00 bits per heavy atom. The quantitative estimate of drug-likeness (QED) is 0.823. The minimum atomic E-state index is -1.19. The molecule has 1 atom stereocenters. The van der Waals surface area contributed by atoms with E-state index in [4.69, 9.17) is 14.2 Å². The highest BCUT2D eigenvalue weighted by atomic mass is 16.5. The third kappa shape index (κ3) is 3.28. The van der Waals surface area contributed by atoms with Crippen molar-refractivity contribution in [2.45, 2.75) is 12.5 Å². The van der Waals surface area contributed by atoms with Crippen LogP contribution < -0.4 is 19.5 Å². The number of hydrogen-bond acceptors (Lipinski definition) is 5. The second-order valence-corrected chi connectivity index (χ2v) is 5.75. The van der Waals surface area contributed by atoms with Crippen molar-refractivity contribution in [3.63, 3.8) is 0 Å². The number of carbonyl (C=O) groups is 2. The number of aliphatic carboxylic acids is 1. The molecule has 3 rings (SSSR count). The largest absolute Gasteiger partial charge is 0.493 e. The van der Waals surface area contributed by atoms with E-state index >= 15 is 0 Å². The molecule has 0 spiro atoms. The van der Waals surface area contributed by atoms with E-state index in [2.05, 4.69) is 5.32 Å². The van der Waals surface area contributed by atoms with Crippen LogP contribution in [0.25, 0.3) is 0 Å². The first-order chi connectivity index (χ1) is 12.5. The van der Waals surface area contributed by atoms with Crippen LogP contribution in [-0.2, 0) is 11.2 Å². The van der Waals surface area contributed by atoms with Crippen molar-refractivity contribution < 1.29 is 28.9 Å². The molecule has 136 valence electrons. The predicted octanol–water partition coefficient (Wildman–Crippen LogP) is 2.19. The fraction of sp³-hybridized carbons (Fsp3) is 0.263. The highest BCUT2D eigenvalue weighted by Gasteiger charge is 2.26. The van der Waals surface area contributed by atoms with Gasteiger partial charge in [0.2, 0.25) is 0 Å². The van der Waals surface area contributed by atoms with Crippen molar-refractivity contribution in [3.05, 3.63) is 53.1 Å². The Hall–Kier alpha value is -3.22. The average Bonchev–Trinajstić information content (AvgIpc) is 3.12. The van der Waals surface area contributed by atoms with Gasteiger partial charge in [-0.15, -0.1) is 0 Å². The van der Waals surface area contributed by atoms with Crippen LogP contribution in [0.5, 0.6) is 17.2 Å². The van der Waals surface area contributed by atoms with Crippen LogP contribution >= 0.6 is 0 Å². The van der Waals surface area contributed by atoms with Crippen LogP contribution in [0, 0.1) is 0 Å². The highest BCUT2D eigenvalue weighted by molar-refractivity contribution is 5.99. The van der Waals surface area contributed by atoms with Gasteiger partial charge >= 0.3 is 5.97 Å². The molecule has 7 nitrogen and oxygen atoms in total. The number of fused-ring (bicyclic) bond motifs is 1. The van der Waals surface area contributed by atoms with Crippen molar-refractivity contribution in [1.29, 1.82) is 0 Å². The van der Waals surface area contributed by atoms with E-state index in [1.54, 1.807) is 36.4 Å². The summed E-state index contributed by atoms with van der Waals surface area (Å²) in [6, 6.07) is 8.78. The molecule has 0 aromatic heterocycles. The van der Waals surface area contributed by atoms with Crippen LogP contribution in [-0.4, -0.2) is 37.8 Å². The lowest BCUT2D eigenvalue weighted by atomic mass is 10.0. The van der Waals surface area contributed by atoms with E-state index in [0.717, 1.165) is 11.3 Å². The van der Waals surface area contributed by atoms with Crippen molar-refractivity contribution in [2.24, 2.45) is 0 Å². The van der Waals surface area contributed by atoms with Gasteiger partial charge in [-0.3, -0.25) is 4.79 Å². The number of carboxylic acids is 1. The zero-order chi connectivity index (χ0) is 18.7. The molecule has 2 N–H and O–H groups in total. The molecule has 1 unspecified atom stereocenters. The number of carbonyl (C=O) groups excluding carboxylic acids is 1. The zero-order valence-corrected chi connectivity index (χ0v) is 14.4. The molecular formula is C19H19NO6. The number of amides is 1. The summed E-state index contributed by atoms with van der Waals surface area (Å²) in [7, 11) is 2.88. The monoisotopic (exact) mass is 357 g/mol. The third-order valence-electron chi connectivity index (χ3n) is 4.22. The fourth-order valence-electron chi connectivity index (χ4n) is 2.95. The maximum absolute atomic E-state index is 12.7. The van der Waals surface area contributed by atoms with Crippen molar-refractivity contribution in [3.8, 4) is 17.2 Å². The van der Waals surface area contributed by atoms with Crippen LogP contribution in [0.1, 0.15) is 27.5 Å². The van der Waals surface area contributed by atoms with Crippen molar-refractivity contribution in [2.75, 3.05) is 20.8 Å². The lowest BCUT2D eigenvalue weighted by Gasteiger charge is -2.17. The normalized spacial score (nSPS) is 13.3. The van der Waals surface area contributed by atoms with Crippen molar-refractivity contribution >= 4 is 11.9 Å². The standard InChI is InChI=1S/C19H19NO6/c1-24-15-5-3-4-13(17(15)25-2)18(21)20-16(19(22)23)12-6-7-14-11(10-12)8-9-26-14/h3-7,10,16H,8-9H2,1-2H3,(H,20,21)(H,22,23). The Bertz CT molecular complexity index is 848. The van der Waals surface area contributed by atoms with E-state index in [-0.39, 0.29) is 11.3 Å². The van der Waals surface area contributed by atoms with Gasteiger partial charge < -0.3 is 24.6 Å². The number of rotatable bonds is 6. The Morgan fingerprint density at radius 1 is 1.19 bits per heavy atom. The fourth-order valence-corrected chi connectivity index (χ4v) is 2.95. The molecule has 0 fully saturated rings. The van der Waals surface area contributed by atoms with Crippen molar-refractivity contribution in [1.82, 2.24) is 5.32 Å². The number of methoxy groups -OCH3 is 2. The zero-order valence-electron chi connectivity index (χ0n) is 14.4. The van der Waals surface area contributed by atoms with E-state index < -0.39 is 17.9 Å². The summed E-state index contributed by atoms with van der Waals surface area (Å²) < 4.78 is 15.9. The van der Waals surface area contributed by atoms with Gasteiger partial charge in [0.1, 0.15) is 5.75 Å². The van der Waals surface area contributed by atoms with Gasteiger partial charge in [0.25, 0.3) is 5.91 Å². The van der Waals surface area contributed by atoms with E-state index in [1.807, 2.05) is 0 Å². The average molecular weight is 357 g/mol. The number of carboxylic acid groups (broad SMARTS) is 1. The molecule has 0 aliphatic carbocycles. The minimum Gasteiger partial charge on any atom is -0.493 e. The topological polar surface area (TPSA) is 94.1 Å². The van der Waals surface area contributed by atoms with Gasteiger partial charge in [-0.1, -0.05) is 12.1 Å². The minimum absolute atomic E-state index is 0.197. The smallest absolute Gasteiger partial charge is 0.330 e. The molecule has 2 aromatic carbocycles. The summed E-state index contributed by atoms with van der Waals surface area (Å²) in [5.41, 5.74) is 1.61. The number of benzene rings is 2. The number of nitrogens with one attached hydrogen (secondary N) is 1. The first-order valence-corrected chi connectivity index (χ1v) is 8.05. The number of hydrogen-bond donors (Lipinski definition) is 2. The summed E-state index contributed by atoms with van der Waals surface area (Å²) in [5.74, 6) is -0.330. The molecule has 0 saturated heterocycles. The maximum Gasteiger partial charge on any atom is 0.330 e. The molecule has 2 aromatic rings. The molecule has 7 heteroatoms. The third-order valence-corrected chi connectivity index (χ3v) is 4.22. The summed E-state index contributed by atoms with van der Waals surface area (Å²) in [6.07, 6.45) is 0.715. The molecule has 0 saturated carbocycles. The van der Waals surface area contributed by atoms with Crippen LogP contribution in [0.3, 0.4) is 0 Å². The van der Waals surface area contributed by atoms with Crippen LogP contribution in [0.4, 0.5) is 0 Å². The predicted molar refractivity (Wildman–Crippen MR) is 93.0 cm³/mol. The summed E-state index contributed by atoms with van der Waals surface area (Å²) in [6.45, 7) is 0.573. The van der Waals surface area contributed by atoms with Gasteiger partial charge in [0.05, 0.1) is 26.4 Å². The molecule has 0 bridgehead atoms. The van der Waals surface area contributed by atoms with Gasteiger partial charge in [-0.25, -0.2) is 4.79 Å². The SMILES string of the molecule is COc1cccc(C(=O)NC(C(=O)O)c2ccc3c(c2)CCO3)c1OC. The summed E-state index contributed by atoms with van der Waals surface area (Å²) in [4.78, 5) is 24.4. The molecular weight excluding hydrogens is 338 g/mol.